The van der Waals surface area contributed by atoms with E-state index in [4.69, 9.17) is 16.3 Å². The summed E-state index contributed by atoms with van der Waals surface area (Å²) >= 11 is 6.00. The van der Waals surface area contributed by atoms with Crippen molar-refractivity contribution in [3.05, 3.63) is 64.2 Å². The van der Waals surface area contributed by atoms with Crippen LogP contribution in [0.25, 0.3) is 0 Å². The van der Waals surface area contributed by atoms with Gasteiger partial charge in [0.15, 0.2) is 0 Å². The molecule has 0 saturated carbocycles. The molecule has 3 rings (SSSR count). The lowest BCUT2D eigenvalue weighted by molar-refractivity contribution is 0.252. The lowest BCUT2D eigenvalue weighted by Crippen LogP contribution is -2.26. The molecule has 1 unspecified atom stereocenters. The fourth-order valence-corrected chi connectivity index (χ4v) is 2.87. The van der Waals surface area contributed by atoms with Crippen molar-refractivity contribution >= 4 is 11.6 Å². The number of hydrogen-bond donors (Lipinski definition) is 1. The summed E-state index contributed by atoms with van der Waals surface area (Å²) in [5.41, 5.74) is 3.77. The monoisotopic (exact) mass is 287 g/mol. The molecule has 1 atom stereocenters. The molecule has 0 radical (unpaired) electrons. The molecular formula is C17H18ClNO. The number of hydrogen-bond acceptors (Lipinski definition) is 2. The molecule has 0 saturated heterocycles. The summed E-state index contributed by atoms with van der Waals surface area (Å²) < 4.78 is 5.69. The molecule has 1 aliphatic rings. The molecule has 0 spiro atoms. The van der Waals surface area contributed by atoms with Gasteiger partial charge in [-0.05, 0) is 36.2 Å². The first kappa shape index (κ1) is 13.5. The van der Waals surface area contributed by atoms with E-state index in [0.717, 1.165) is 30.3 Å². The van der Waals surface area contributed by atoms with Crippen molar-refractivity contribution in [2.75, 3.05) is 6.61 Å². The third-order valence-corrected chi connectivity index (χ3v) is 4.04. The minimum atomic E-state index is 0.357. The van der Waals surface area contributed by atoms with E-state index in [-0.39, 0.29) is 0 Å². The number of nitrogens with one attached hydrogen (secondary N) is 1. The third kappa shape index (κ3) is 2.82. The molecular weight excluding hydrogens is 270 g/mol. The van der Waals surface area contributed by atoms with Crippen LogP contribution in [0.5, 0.6) is 5.75 Å². The van der Waals surface area contributed by atoms with E-state index in [0.29, 0.717) is 6.04 Å². The van der Waals surface area contributed by atoms with Crippen LogP contribution >= 0.6 is 11.6 Å². The van der Waals surface area contributed by atoms with Crippen molar-refractivity contribution in [1.29, 1.82) is 0 Å². The number of fused-ring (bicyclic) bond motifs is 1. The molecule has 2 aromatic rings. The van der Waals surface area contributed by atoms with E-state index in [1.165, 1.54) is 16.7 Å². The fraction of sp³-hybridized carbons (Fsp3) is 0.294. The number of halogens is 1. The first-order valence-corrected chi connectivity index (χ1v) is 7.32. The maximum Gasteiger partial charge on any atom is 0.124 e. The lowest BCUT2D eigenvalue weighted by Gasteiger charge is -2.27. The van der Waals surface area contributed by atoms with Gasteiger partial charge in [0.25, 0.3) is 0 Å². The van der Waals surface area contributed by atoms with Gasteiger partial charge in [-0.15, -0.1) is 0 Å². The minimum Gasteiger partial charge on any atom is -0.493 e. The highest BCUT2D eigenvalue weighted by Gasteiger charge is 2.20. The zero-order chi connectivity index (χ0) is 13.9. The van der Waals surface area contributed by atoms with E-state index in [2.05, 4.69) is 30.4 Å². The van der Waals surface area contributed by atoms with Crippen molar-refractivity contribution in [3.63, 3.8) is 0 Å². The second-order valence-corrected chi connectivity index (χ2v) is 5.62. The zero-order valence-electron chi connectivity index (χ0n) is 11.5. The summed E-state index contributed by atoms with van der Waals surface area (Å²) in [5, 5.41) is 4.43. The molecule has 2 nitrogen and oxygen atoms in total. The molecule has 0 aromatic heterocycles. The lowest BCUT2D eigenvalue weighted by atomic mass is 10.00. The molecule has 1 N–H and O–H groups in total. The fourth-order valence-electron chi connectivity index (χ4n) is 2.64. The number of ether oxygens (including phenoxy) is 1. The maximum atomic E-state index is 6.00. The second kappa shape index (κ2) is 5.86. The van der Waals surface area contributed by atoms with Gasteiger partial charge in [-0.3, -0.25) is 0 Å². The van der Waals surface area contributed by atoms with Gasteiger partial charge in [0, 0.05) is 29.6 Å². The summed E-state index contributed by atoms with van der Waals surface area (Å²) in [7, 11) is 0. The van der Waals surface area contributed by atoms with Gasteiger partial charge in [-0.1, -0.05) is 35.9 Å². The predicted octanol–water partition coefficient (Wildman–Crippen LogP) is 4.26. The molecule has 104 valence electrons. The van der Waals surface area contributed by atoms with E-state index in [9.17, 15) is 0 Å². The molecule has 3 heteroatoms. The topological polar surface area (TPSA) is 21.3 Å². The van der Waals surface area contributed by atoms with Crippen LogP contribution in [0.15, 0.2) is 42.5 Å². The Hall–Kier alpha value is -1.51. The van der Waals surface area contributed by atoms with E-state index >= 15 is 0 Å². The Balaban J connectivity index is 1.73. The Bertz CT molecular complexity index is 612. The Labute approximate surface area is 124 Å². The number of benzene rings is 2. The highest BCUT2D eigenvalue weighted by molar-refractivity contribution is 6.30. The number of rotatable bonds is 3. The summed E-state index contributed by atoms with van der Waals surface area (Å²) in [5.74, 6) is 1.00. The van der Waals surface area contributed by atoms with Crippen molar-refractivity contribution in [2.24, 2.45) is 0 Å². The van der Waals surface area contributed by atoms with Crippen LogP contribution in [0, 0.1) is 6.92 Å². The molecule has 2 aromatic carbocycles. The highest BCUT2D eigenvalue weighted by Crippen LogP contribution is 2.31. The average Bonchev–Trinajstić information content (AvgIpc) is 2.46. The summed E-state index contributed by atoms with van der Waals surface area (Å²) in [6.07, 6.45) is 1.00. The van der Waals surface area contributed by atoms with Crippen molar-refractivity contribution in [1.82, 2.24) is 5.32 Å². The highest BCUT2D eigenvalue weighted by atomic mass is 35.5. The first-order valence-electron chi connectivity index (χ1n) is 6.94. The normalized spacial score (nSPS) is 17.4. The van der Waals surface area contributed by atoms with E-state index < -0.39 is 0 Å². The maximum absolute atomic E-state index is 6.00. The third-order valence-electron chi connectivity index (χ3n) is 3.80. The quantitative estimate of drug-likeness (QED) is 0.911. The van der Waals surface area contributed by atoms with Gasteiger partial charge in [0.2, 0.25) is 0 Å². The average molecular weight is 288 g/mol. The van der Waals surface area contributed by atoms with E-state index in [1.807, 2.05) is 24.3 Å². The number of aryl methyl sites for hydroxylation is 1. The molecule has 1 aliphatic heterocycles. The Morgan fingerprint density at radius 3 is 2.95 bits per heavy atom. The van der Waals surface area contributed by atoms with Crippen LogP contribution in [0.2, 0.25) is 5.02 Å². The van der Waals surface area contributed by atoms with Crippen LogP contribution in [-0.4, -0.2) is 6.61 Å². The second-order valence-electron chi connectivity index (χ2n) is 5.18. The molecule has 20 heavy (non-hydrogen) atoms. The van der Waals surface area contributed by atoms with Crippen LogP contribution in [0.3, 0.4) is 0 Å². The van der Waals surface area contributed by atoms with Gasteiger partial charge in [-0.25, -0.2) is 0 Å². The van der Waals surface area contributed by atoms with Crippen LogP contribution in [-0.2, 0) is 6.54 Å². The van der Waals surface area contributed by atoms with Crippen molar-refractivity contribution < 1.29 is 4.74 Å². The number of para-hydroxylation sites is 1. The molecule has 0 aliphatic carbocycles. The van der Waals surface area contributed by atoms with Crippen LogP contribution in [0.1, 0.15) is 29.2 Å². The standard InChI is InChI=1S/C17H18ClNO/c1-12-10-14(18)7-6-13(12)11-19-16-8-9-20-17-5-3-2-4-15(16)17/h2-7,10,16,19H,8-9,11H2,1H3. The summed E-state index contributed by atoms with van der Waals surface area (Å²) in [6, 6.07) is 14.7. The SMILES string of the molecule is Cc1cc(Cl)ccc1CNC1CCOc2ccccc21. The molecule has 0 fully saturated rings. The van der Waals surface area contributed by atoms with Crippen LogP contribution in [0.4, 0.5) is 0 Å². The van der Waals surface area contributed by atoms with Crippen molar-refractivity contribution in [3.8, 4) is 5.75 Å². The van der Waals surface area contributed by atoms with Crippen LogP contribution < -0.4 is 10.1 Å². The largest absolute Gasteiger partial charge is 0.493 e. The minimum absolute atomic E-state index is 0.357. The Kier molecular flexibility index (Phi) is 3.95. The predicted molar refractivity (Wildman–Crippen MR) is 82.3 cm³/mol. The van der Waals surface area contributed by atoms with Gasteiger partial charge < -0.3 is 10.1 Å². The van der Waals surface area contributed by atoms with E-state index in [1.54, 1.807) is 0 Å². The zero-order valence-corrected chi connectivity index (χ0v) is 12.3. The van der Waals surface area contributed by atoms with Gasteiger partial charge in [-0.2, -0.15) is 0 Å². The van der Waals surface area contributed by atoms with Gasteiger partial charge >= 0.3 is 0 Å². The van der Waals surface area contributed by atoms with Gasteiger partial charge in [0.1, 0.15) is 5.75 Å². The molecule has 0 bridgehead atoms. The Morgan fingerprint density at radius 1 is 1.25 bits per heavy atom. The summed E-state index contributed by atoms with van der Waals surface area (Å²) in [4.78, 5) is 0. The molecule has 0 amide bonds. The van der Waals surface area contributed by atoms with Gasteiger partial charge in [0.05, 0.1) is 6.61 Å². The smallest absolute Gasteiger partial charge is 0.124 e. The summed E-state index contributed by atoms with van der Waals surface area (Å²) in [6.45, 7) is 3.72. The molecule has 1 heterocycles. The van der Waals surface area contributed by atoms with Crippen molar-refractivity contribution in [2.45, 2.75) is 25.9 Å². The first-order chi connectivity index (χ1) is 9.74. The Morgan fingerprint density at radius 2 is 2.10 bits per heavy atom.